The van der Waals surface area contributed by atoms with Crippen molar-refractivity contribution in [1.82, 2.24) is 4.72 Å². The molecule has 0 aliphatic carbocycles. The van der Waals surface area contributed by atoms with Crippen LogP contribution in [-0.4, -0.2) is 17.3 Å². The van der Waals surface area contributed by atoms with E-state index in [9.17, 15) is 9.18 Å². The van der Waals surface area contributed by atoms with Crippen molar-refractivity contribution >= 4 is 17.9 Å². The second kappa shape index (κ2) is 7.64. The Hall–Kier alpha value is -1.07. The molecule has 1 unspecified atom stereocenters. The molecule has 3 nitrogen and oxygen atoms in total. The van der Waals surface area contributed by atoms with Crippen molar-refractivity contribution in [2.45, 2.75) is 44.9 Å². The lowest BCUT2D eigenvalue weighted by molar-refractivity contribution is -0.143. The van der Waals surface area contributed by atoms with Gasteiger partial charge in [-0.15, -0.1) is 0 Å². The zero-order chi connectivity index (χ0) is 15.2. The van der Waals surface area contributed by atoms with Crippen molar-refractivity contribution in [2.75, 3.05) is 6.61 Å². The minimum atomic E-state index is -0.403. The Kier molecular flexibility index (Phi) is 6.49. The molecule has 1 rings (SSSR count). The smallest absolute Gasteiger partial charge is 0.307 e. The normalized spacial score (nSPS) is 13.1. The molecule has 0 heterocycles. The summed E-state index contributed by atoms with van der Waals surface area (Å²) in [6, 6.07) is 6.09. The largest absolute Gasteiger partial charge is 0.466 e. The zero-order valence-electron chi connectivity index (χ0n) is 12.4. The predicted octanol–water partition coefficient (Wildman–Crippen LogP) is 3.86. The third-order valence-corrected chi connectivity index (χ3v) is 3.48. The molecule has 1 aromatic rings. The van der Waals surface area contributed by atoms with Crippen LogP contribution in [0.5, 0.6) is 0 Å². The Bertz CT molecular complexity index is 446. The van der Waals surface area contributed by atoms with Crippen LogP contribution >= 0.6 is 11.9 Å². The van der Waals surface area contributed by atoms with Crippen molar-refractivity contribution in [3.63, 3.8) is 0 Å². The van der Waals surface area contributed by atoms with Gasteiger partial charge in [0.15, 0.2) is 0 Å². The molecule has 0 aromatic heterocycles. The summed E-state index contributed by atoms with van der Waals surface area (Å²) >= 11 is 1.48. The molecule has 112 valence electrons. The fourth-order valence-corrected chi connectivity index (χ4v) is 2.31. The van der Waals surface area contributed by atoms with Crippen LogP contribution in [0, 0.1) is 5.82 Å². The molecule has 0 amide bonds. The van der Waals surface area contributed by atoms with Crippen LogP contribution in [-0.2, 0) is 9.53 Å². The van der Waals surface area contributed by atoms with Gasteiger partial charge >= 0.3 is 5.97 Å². The maximum absolute atomic E-state index is 13.9. The summed E-state index contributed by atoms with van der Waals surface area (Å²) < 4.78 is 22.0. The number of carbonyl (C=O) groups excluding carboxylic acids is 1. The van der Waals surface area contributed by atoms with Gasteiger partial charge in [-0.3, -0.25) is 9.52 Å². The third kappa shape index (κ3) is 5.92. The molecule has 0 saturated heterocycles. The number of nitrogens with one attached hydrogen (secondary N) is 1. The predicted molar refractivity (Wildman–Crippen MR) is 80.9 cm³/mol. The maximum Gasteiger partial charge on any atom is 0.307 e. The standard InChI is InChI=1S/C15H22FNO2S/c1-5-19-14(18)10-13(17-20-15(2,3)4)11-8-6-7-9-12(11)16/h6-9,13,17H,5,10H2,1-4H3. The Morgan fingerprint density at radius 1 is 1.40 bits per heavy atom. The lowest BCUT2D eigenvalue weighted by Crippen LogP contribution is -2.25. The van der Waals surface area contributed by atoms with Crippen molar-refractivity contribution in [3.05, 3.63) is 35.6 Å². The van der Waals surface area contributed by atoms with E-state index in [1.807, 2.05) is 20.8 Å². The topological polar surface area (TPSA) is 38.3 Å². The summed E-state index contributed by atoms with van der Waals surface area (Å²) in [7, 11) is 0. The summed E-state index contributed by atoms with van der Waals surface area (Å²) in [5.74, 6) is -0.647. The highest BCUT2D eigenvalue weighted by molar-refractivity contribution is 7.98. The molecule has 0 bridgehead atoms. The van der Waals surface area contributed by atoms with E-state index >= 15 is 0 Å². The number of rotatable bonds is 6. The fourth-order valence-electron chi connectivity index (χ4n) is 1.61. The van der Waals surface area contributed by atoms with Gasteiger partial charge in [0.05, 0.1) is 19.1 Å². The number of esters is 1. The van der Waals surface area contributed by atoms with Crippen molar-refractivity contribution in [3.8, 4) is 0 Å². The summed E-state index contributed by atoms with van der Waals surface area (Å²) in [5.41, 5.74) is 0.484. The van der Waals surface area contributed by atoms with Crippen LogP contribution < -0.4 is 4.72 Å². The molecule has 0 aliphatic rings. The van der Waals surface area contributed by atoms with Crippen molar-refractivity contribution in [1.29, 1.82) is 0 Å². The lowest BCUT2D eigenvalue weighted by Gasteiger charge is -2.24. The van der Waals surface area contributed by atoms with Crippen molar-refractivity contribution in [2.24, 2.45) is 0 Å². The minimum Gasteiger partial charge on any atom is -0.466 e. The molecule has 1 atom stereocenters. The van der Waals surface area contributed by atoms with Gasteiger partial charge in [0.2, 0.25) is 0 Å². The quantitative estimate of drug-likeness (QED) is 0.639. The highest BCUT2D eigenvalue weighted by Gasteiger charge is 2.22. The van der Waals surface area contributed by atoms with E-state index < -0.39 is 6.04 Å². The number of carbonyl (C=O) groups is 1. The van der Waals surface area contributed by atoms with E-state index in [0.29, 0.717) is 12.2 Å². The fraction of sp³-hybridized carbons (Fsp3) is 0.533. The van der Waals surface area contributed by atoms with E-state index in [1.54, 1.807) is 25.1 Å². The van der Waals surface area contributed by atoms with Crippen LogP contribution in [0.4, 0.5) is 4.39 Å². The molecule has 20 heavy (non-hydrogen) atoms. The Morgan fingerprint density at radius 2 is 2.05 bits per heavy atom. The molecule has 1 aromatic carbocycles. The van der Waals surface area contributed by atoms with Gasteiger partial charge in [0, 0.05) is 10.3 Å². The first-order valence-corrected chi connectivity index (χ1v) is 7.48. The molecule has 0 spiro atoms. The third-order valence-electron chi connectivity index (χ3n) is 2.46. The van der Waals surface area contributed by atoms with Gasteiger partial charge < -0.3 is 4.74 Å². The van der Waals surface area contributed by atoms with Crippen LogP contribution in [0.25, 0.3) is 0 Å². The molecular formula is C15H22FNO2S. The highest BCUT2D eigenvalue weighted by atomic mass is 32.2. The minimum absolute atomic E-state index is 0.0296. The zero-order valence-corrected chi connectivity index (χ0v) is 13.2. The van der Waals surface area contributed by atoms with Crippen LogP contribution in [0.15, 0.2) is 24.3 Å². The SMILES string of the molecule is CCOC(=O)CC(NSC(C)(C)C)c1ccccc1F. The van der Waals surface area contributed by atoms with Gasteiger partial charge in [-0.25, -0.2) is 4.39 Å². The molecule has 0 saturated carbocycles. The van der Waals surface area contributed by atoms with E-state index in [1.165, 1.54) is 18.0 Å². The van der Waals surface area contributed by atoms with Gasteiger partial charge in [-0.1, -0.05) is 30.1 Å². The second-order valence-corrected chi connectivity index (χ2v) is 7.08. The first-order valence-electron chi connectivity index (χ1n) is 6.67. The molecule has 0 aliphatic heterocycles. The number of hydrogen-bond acceptors (Lipinski definition) is 4. The summed E-state index contributed by atoms with van der Waals surface area (Å²) in [5, 5.41) is 0. The summed E-state index contributed by atoms with van der Waals surface area (Å²) in [6.07, 6.45) is 0.109. The van der Waals surface area contributed by atoms with Crippen LogP contribution in [0.3, 0.4) is 0 Å². The first-order chi connectivity index (χ1) is 9.33. The molecule has 1 N–H and O–H groups in total. The van der Waals surface area contributed by atoms with Crippen molar-refractivity contribution < 1.29 is 13.9 Å². The number of ether oxygens (including phenoxy) is 1. The van der Waals surface area contributed by atoms with Crippen LogP contribution in [0.2, 0.25) is 0 Å². The van der Waals surface area contributed by atoms with Gasteiger partial charge in [0.1, 0.15) is 5.82 Å². The molecular weight excluding hydrogens is 277 g/mol. The molecule has 5 heteroatoms. The van der Waals surface area contributed by atoms with Gasteiger partial charge in [-0.05, 0) is 33.8 Å². The second-order valence-electron chi connectivity index (χ2n) is 5.42. The summed E-state index contributed by atoms with van der Waals surface area (Å²) in [6.45, 7) is 8.23. The van der Waals surface area contributed by atoms with E-state index in [0.717, 1.165) is 0 Å². The lowest BCUT2D eigenvalue weighted by atomic mass is 10.0. The Morgan fingerprint density at radius 3 is 2.60 bits per heavy atom. The van der Waals surface area contributed by atoms with E-state index in [-0.39, 0.29) is 23.0 Å². The average molecular weight is 299 g/mol. The molecule has 0 fully saturated rings. The molecule has 0 radical (unpaired) electrons. The first kappa shape index (κ1) is 17.0. The highest BCUT2D eigenvalue weighted by Crippen LogP contribution is 2.28. The van der Waals surface area contributed by atoms with Gasteiger partial charge in [-0.2, -0.15) is 0 Å². The number of hydrogen-bond donors (Lipinski definition) is 1. The number of benzene rings is 1. The monoisotopic (exact) mass is 299 g/mol. The maximum atomic E-state index is 13.9. The van der Waals surface area contributed by atoms with E-state index in [2.05, 4.69) is 4.72 Å². The van der Waals surface area contributed by atoms with Gasteiger partial charge in [0.25, 0.3) is 0 Å². The van der Waals surface area contributed by atoms with E-state index in [4.69, 9.17) is 4.74 Å². The summed E-state index contributed by atoms with van der Waals surface area (Å²) in [4.78, 5) is 11.7. The average Bonchev–Trinajstić information content (AvgIpc) is 2.34. The number of halogens is 1. The Balaban J connectivity index is 2.84. The van der Waals surface area contributed by atoms with Crippen LogP contribution in [0.1, 0.15) is 45.7 Å². The Labute approximate surface area is 124 Å².